The summed E-state index contributed by atoms with van der Waals surface area (Å²) < 4.78 is 14.5. The van der Waals surface area contributed by atoms with Crippen molar-refractivity contribution in [2.24, 2.45) is 0 Å². The van der Waals surface area contributed by atoms with Gasteiger partial charge in [0.25, 0.3) is 0 Å². The van der Waals surface area contributed by atoms with E-state index in [9.17, 15) is 4.39 Å². The fraction of sp³-hybridized carbons (Fsp3) is 0. The molecule has 0 radical (unpaired) electrons. The van der Waals surface area contributed by atoms with Gasteiger partial charge in [0.2, 0.25) is 0 Å². The van der Waals surface area contributed by atoms with Gasteiger partial charge in [-0.2, -0.15) is 0 Å². The van der Waals surface area contributed by atoms with Gasteiger partial charge in [-0.1, -0.05) is 6.07 Å². The van der Waals surface area contributed by atoms with Crippen molar-refractivity contribution in [3.63, 3.8) is 0 Å². The maximum Gasteiger partial charge on any atom is 0.147 e. The molecule has 0 aliphatic carbocycles. The van der Waals surface area contributed by atoms with Crippen LogP contribution in [0.3, 0.4) is 0 Å². The van der Waals surface area contributed by atoms with Crippen molar-refractivity contribution < 1.29 is 4.39 Å². The summed E-state index contributed by atoms with van der Waals surface area (Å²) in [5, 5.41) is 3.99. The van der Waals surface area contributed by atoms with E-state index in [0.29, 0.717) is 15.8 Å². The minimum absolute atomic E-state index is 0.320. The summed E-state index contributed by atoms with van der Waals surface area (Å²) in [6, 6.07) is 12.1. The molecular weight excluding hydrogens is 321 g/mol. The number of nitrogens with one attached hydrogen (secondary N) is 1. The molecule has 0 fully saturated rings. The summed E-state index contributed by atoms with van der Waals surface area (Å²) in [6.07, 6.45) is 1.67. The van der Waals surface area contributed by atoms with Gasteiger partial charge in [-0.15, -0.1) is 0 Å². The molecule has 0 atom stereocenters. The van der Waals surface area contributed by atoms with E-state index in [1.54, 1.807) is 36.5 Å². The van der Waals surface area contributed by atoms with Crippen molar-refractivity contribution in [2.45, 2.75) is 0 Å². The minimum Gasteiger partial charge on any atom is -0.399 e. The molecule has 3 nitrogen and oxygen atoms in total. The summed E-state index contributed by atoms with van der Waals surface area (Å²) in [5.74, 6) is -0.320. The van der Waals surface area contributed by atoms with Crippen LogP contribution in [0.2, 0.25) is 0 Å². The predicted octanol–water partition coefficient (Wildman–Crippen LogP) is 4.46. The van der Waals surface area contributed by atoms with E-state index < -0.39 is 0 Å². The normalized spacial score (nSPS) is 10.7. The summed E-state index contributed by atoms with van der Waals surface area (Å²) in [7, 11) is 0. The highest BCUT2D eigenvalue weighted by Crippen LogP contribution is 2.31. The molecule has 0 saturated heterocycles. The van der Waals surface area contributed by atoms with Crippen molar-refractivity contribution in [1.29, 1.82) is 0 Å². The summed E-state index contributed by atoms with van der Waals surface area (Å²) >= 11 is 3.34. The first-order valence-electron chi connectivity index (χ1n) is 6.00. The Hall–Kier alpha value is -2.14. The van der Waals surface area contributed by atoms with Crippen LogP contribution in [0, 0.1) is 5.82 Å². The smallest absolute Gasteiger partial charge is 0.147 e. The Bertz CT molecular complexity index is 769. The van der Waals surface area contributed by atoms with Crippen molar-refractivity contribution >= 4 is 43.9 Å². The number of pyridine rings is 1. The average Bonchev–Trinajstić information content (AvgIpc) is 2.42. The Balaban J connectivity index is 2.11. The second kappa shape index (κ2) is 5.09. The number of rotatable bonds is 2. The second-order valence-electron chi connectivity index (χ2n) is 4.36. The number of fused-ring (bicyclic) bond motifs is 1. The van der Waals surface area contributed by atoms with E-state index in [-0.39, 0.29) is 5.82 Å². The maximum atomic E-state index is 13.9. The van der Waals surface area contributed by atoms with Gasteiger partial charge in [-0.25, -0.2) is 4.39 Å². The van der Waals surface area contributed by atoms with E-state index in [4.69, 9.17) is 5.73 Å². The highest BCUT2D eigenvalue weighted by Gasteiger charge is 2.09. The number of benzene rings is 2. The number of anilines is 3. The topological polar surface area (TPSA) is 50.9 Å². The molecule has 3 N–H and O–H groups in total. The zero-order chi connectivity index (χ0) is 14.1. The largest absolute Gasteiger partial charge is 0.399 e. The number of nitrogens with two attached hydrogens (primary N) is 1. The number of nitrogen functional groups attached to an aromatic ring is 1. The Labute approximate surface area is 123 Å². The van der Waals surface area contributed by atoms with Crippen molar-refractivity contribution in [3.8, 4) is 0 Å². The highest BCUT2D eigenvalue weighted by atomic mass is 79.9. The van der Waals surface area contributed by atoms with Crippen LogP contribution in [0.25, 0.3) is 10.9 Å². The highest BCUT2D eigenvalue weighted by molar-refractivity contribution is 9.10. The summed E-state index contributed by atoms with van der Waals surface area (Å²) in [4.78, 5) is 4.26. The Morgan fingerprint density at radius 2 is 2.00 bits per heavy atom. The molecule has 0 aliphatic rings. The fourth-order valence-electron chi connectivity index (χ4n) is 2.03. The van der Waals surface area contributed by atoms with E-state index in [1.807, 2.05) is 6.07 Å². The first-order chi connectivity index (χ1) is 9.65. The van der Waals surface area contributed by atoms with E-state index in [0.717, 1.165) is 16.6 Å². The molecule has 3 aromatic rings. The van der Waals surface area contributed by atoms with Crippen molar-refractivity contribution in [2.75, 3.05) is 11.1 Å². The Morgan fingerprint density at radius 3 is 2.80 bits per heavy atom. The molecule has 0 amide bonds. The van der Waals surface area contributed by atoms with Gasteiger partial charge in [0.15, 0.2) is 0 Å². The molecular formula is C15H11BrFN3. The first-order valence-corrected chi connectivity index (χ1v) is 6.80. The van der Waals surface area contributed by atoms with E-state index in [2.05, 4.69) is 26.2 Å². The second-order valence-corrected chi connectivity index (χ2v) is 5.21. The van der Waals surface area contributed by atoms with Crippen LogP contribution in [-0.4, -0.2) is 4.98 Å². The molecule has 0 aliphatic heterocycles. The van der Waals surface area contributed by atoms with Gasteiger partial charge in [0.05, 0.1) is 11.2 Å². The zero-order valence-corrected chi connectivity index (χ0v) is 12.0. The van der Waals surface area contributed by atoms with Crippen molar-refractivity contribution in [1.82, 2.24) is 4.98 Å². The van der Waals surface area contributed by atoms with Gasteiger partial charge < -0.3 is 11.1 Å². The lowest BCUT2D eigenvalue weighted by atomic mass is 10.1. The molecule has 0 unspecified atom stereocenters. The van der Waals surface area contributed by atoms with Crippen LogP contribution in [0.5, 0.6) is 0 Å². The van der Waals surface area contributed by atoms with Gasteiger partial charge in [-0.05, 0) is 52.3 Å². The molecule has 1 aromatic heterocycles. The molecule has 0 saturated carbocycles. The fourth-order valence-corrected chi connectivity index (χ4v) is 2.47. The Kier molecular flexibility index (Phi) is 3.28. The third kappa shape index (κ3) is 2.32. The number of para-hydroxylation sites is 1. The predicted molar refractivity (Wildman–Crippen MR) is 83.5 cm³/mol. The SMILES string of the molecule is Nc1ccc2c(Nc3c(F)cccc3Br)ccnc2c1. The zero-order valence-electron chi connectivity index (χ0n) is 10.4. The molecule has 1 heterocycles. The number of nitrogens with zero attached hydrogens (tertiary/aromatic N) is 1. The molecule has 5 heteroatoms. The van der Waals surface area contributed by atoms with Crippen LogP contribution < -0.4 is 11.1 Å². The average molecular weight is 332 g/mol. The standard InChI is InChI=1S/C15H11BrFN3/c16-11-2-1-3-12(17)15(11)20-13-6-7-19-14-8-9(18)4-5-10(13)14/h1-8H,18H2,(H,19,20). The van der Waals surface area contributed by atoms with E-state index >= 15 is 0 Å². The van der Waals surface area contributed by atoms with Gasteiger partial charge >= 0.3 is 0 Å². The third-order valence-electron chi connectivity index (χ3n) is 2.99. The van der Waals surface area contributed by atoms with E-state index in [1.165, 1.54) is 6.07 Å². The summed E-state index contributed by atoms with van der Waals surface area (Å²) in [6.45, 7) is 0. The maximum absolute atomic E-state index is 13.9. The quantitative estimate of drug-likeness (QED) is 0.681. The lowest BCUT2D eigenvalue weighted by Gasteiger charge is -2.12. The summed E-state index contributed by atoms with van der Waals surface area (Å²) in [5.41, 5.74) is 8.34. The van der Waals surface area contributed by atoms with Crippen LogP contribution in [-0.2, 0) is 0 Å². The van der Waals surface area contributed by atoms with Crippen LogP contribution in [0.15, 0.2) is 53.1 Å². The number of halogens is 2. The lowest BCUT2D eigenvalue weighted by Crippen LogP contribution is -1.97. The van der Waals surface area contributed by atoms with Crippen LogP contribution in [0.4, 0.5) is 21.5 Å². The Morgan fingerprint density at radius 1 is 1.15 bits per heavy atom. The van der Waals surface area contributed by atoms with Crippen LogP contribution in [0.1, 0.15) is 0 Å². The van der Waals surface area contributed by atoms with Crippen LogP contribution >= 0.6 is 15.9 Å². The van der Waals surface area contributed by atoms with Gasteiger partial charge in [0.1, 0.15) is 5.82 Å². The molecule has 20 heavy (non-hydrogen) atoms. The molecule has 0 spiro atoms. The van der Waals surface area contributed by atoms with Gasteiger partial charge in [-0.3, -0.25) is 4.98 Å². The molecule has 3 rings (SSSR count). The molecule has 0 bridgehead atoms. The number of aromatic nitrogens is 1. The number of hydrogen-bond acceptors (Lipinski definition) is 3. The minimum atomic E-state index is -0.320. The van der Waals surface area contributed by atoms with Gasteiger partial charge in [0, 0.05) is 27.4 Å². The molecule has 2 aromatic carbocycles. The number of hydrogen-bond donors (Lipinski definition) is 2. The molecule has 100 valence electrons. The first kappa shape index (κ1) is 12.9. The monoisotopic (exact) mass is 331 g/mol. The third-order valence-corrected chi connectivity index (χ3v) is 3.65. The van der Waals surface area contributed by atoms with Crippen molar-refractivity contribution in [3.05, 3.63) is 59.0 Å². The lowest BCUT2D eigenvalue weighted by molar-refractivity contribution is 0.631.